The van der Waals surface area contributed by atoms with E-state index < -0.39 is 0 Å². The van der Waals surface area contributed by atoms with E-state index in [4.69, 9.17) is 4.74 Å². The van der Waals surface area contributed by atoms with Crippen LogP contribution in [0.1, 0.15) is 42.0 Å². The molecule has 0 spiro atoms. The van der Waals surface area contributed by atoms with Crippen molar-refractivity contribution < 1.29 is 9.53 Å². The molecule has 0 unspecified atom stereocenters. The second-order valence-corrected chi connectivity index (χ2v) is 5.08. The van der Waals surface area contributed by atoms with Crippen LogP contribution in [0.3, 0.4) is 0 Å². The van der Waals surface area contributed by atoms with Gasteiger partial charge in [-0.05, 0) is 62.4 Å². The Balaban J connectivity index is 3.01. The Morgan fingerprint density at radius 2 is 1.90 bits per heavy atom. The Labute approximate surface area is 122 Å². The van der Waals surface area contributed by atoms with Crippen molar-refractivity contribution in [3.05, 3.63) is 46.0 Å². The van der Waals surface area contributed by atoms with E-state index in [1.54, 1.807) is 7.11 Å². The number of rotatable bonds is 6. The largest absolute Gasteiger partial charge is 0.496 e. The van der Waals surface area contributed by atoms with Gasteiger partial charge < -0.3 is 9.53 Å². The Kier molecular flexibility index (Phi) is 6.23. The van der Waals surface area contributed by atoms with Gasteiger partial charge in [0.15, 0.2) is 0 Å². The molecule has 0 fully saturated rings. The van der Waals surface area contributed by atoms with Crippen LogP contribution in [0.4, 0.5) is 0 Å². The van der Waals surface area contributed by atoms with Gasteiger partial charge in [0.1, 0.15) is 12.0 Å². The van der Waals surface area contributed by atoms with Gasteiger partial charge >= 0.3 is 0 Å². The molecule has 108 valence electrons. The summed E-state index contributed by atoms with van der Waals surface area (Å²) >= 11 is 0. The Bertz CT molecular complexity index is 537. The maximum Gasteiger partial charge on any atom is 0.122 e. The van der Waals surface area contributed by atoms with Gasteiger partial charge in [-0.2, -0.15) is 0 Å². The van der Waals surface area contributed by atoms with Gasteiger partial charge in [-0.15, -0.1) is 0 Å². The molecule has 0 bridgehead atoms. The number of hydrogen-bond acceptors (Lipinski definition) is 2. The molecule has 1 aromatic rings. The topological polar surface area (TPSA) is 26.3 Å². The van der Waals surface area contributed by atoms with E-state index >= 15 is 0 Å². The van der Waals surface area contributed by atoms with Crippen molar-refractivity contribution in [2.45, 2.75) is 40.5 Å². The quantitative estimate of drug-likeness (QED) is 0.431. The highest BCUT2D eigenvalue weighted by atomic mass is 16.5. The number of methoxy groups -OCH3 is 1. The Hall–Kier alpha value is -1.83. The molecule has 0 heterocycles. The second-order valence-electron chi connectivity index (χ2n) is 5.08. The molecule has 0 aliphatic carbocycles. The highest BCUT2D eigenvalue weighted by molar-refractivity contribution is 5.64. The fourth-order valence-corrected chi connectivity index (χ4v) is 2.20. The minimum absolute atomic E-state index is 0.588. The molecule has 0 aliphatic rings. The fourth-order valence-electron chi connectivity index (χ4n) is 2.20. The van der Waals surface area contributed by atoms with Gasteiger partial charge in [0.25, 0.3) is 0 Å². The van der Waals surface area contributed by atoms with Crippen LogP contribution in [0.5, 0.6) is 5.75 Å². The van der Waals surface area contributed by atoms with Crippen LogP contribution in [0, 0.1) is 20.8 Å². The number of carbonyl (C=O) groups is 1. The van der Waals surface area contributed by atoms with Gasteiger partial charge in [0, 0.05) is 6.42 Å². The van der Waals surface area contributed by atoms with Crippen molar-refractivity contribution in [3.63, 3.8) is 0 Å². The highest BCUT2D eigenvalue weighted by Gasteiger charge is 2.08. The molecule has 1 rings (SSSR count). The standard InChI is InChI=1S/C18H24O2/c1-13(8-6-7-11-19)9-10-17-14(2)12-18(20-5)16(4)15(17)3/h8-12H,6-7H2,1-5H3. The molecular formula is C18H24O2. The van der Waals surface area contributed by atoms with E-state index in [2.05, 4.69) is 52.0 Å². The maximum atomic E-state index is 10.3. The zero-order valence-corrected chi connectivity index (χ0v) is 13.1. The van der Waals surface area contributed by atoms with Crippen molar-refractivity contribution >= 4 is 12.4 Å². The third kappa shape index (κ3) is 4.09. The lowest BCUT2D eigenvalue weighted by Gasteiger charge is -2.13. The number of aryl methyl sites for hydroxylation is 1. The van der Waals surface area contributed by atoms with Gasteiger partial charge in [-0.3, -0.25) is 0 Å². The van der Waals surface area contributed by atoms with Crippen molar-refractivity contribution in [2.24, 2.45) is 0 Å². The molecule has 0 atom stereocenters. The molecule has 0 radical (unpaired) electrons. The van der Waals surface area contributed by atoms with Crippen molar-refractivity contribution in [3.8, 4) is 5.75 Å². The summed E-state index contributed by atoms with van der Waals surface area (Å²) < 4.78 is 5.38. The molecule has 1 aromatic carbocycles. The summed E-state index contributed by atoms with van der Waals surface area (Å²) in [7, 11) is 1.71. The molecule has 20 heavy (non-hydrogen) atoms. The first kappa shape index (κ1) is 16.2. The van der Waals surface area contributed by atoms with Crippen LogP contribution in [0.25, 0.3) is 6.08 Å². The zero-order chi connectivity index (χ0) is 15.1. The predicted octanol–water partition coefficient (Wildman–Crippen LogP) is 4.56. The van der Waals surface area contributed by atoms with Crippen molar-refractivity contribution in [1.82, 2.24) is 0 Å². The van der Waals surface area contributed by atoms with Gasteiger partial charge in [-0.1, -0.05) is 23.8 Å². The molecule has 0 N–H and O–H groups in total. The molecule has 0 amide bonds. The number of ether oxygens (including phenoxy) is 1. The molecule has 2 heteroatoms. The van der Waals surface area contributed by atoms with E-state index in [1.807, 2.05) is 0 Å². The summed E-state index contributed by atoms with van der Waals surface area (Å²) in [4.78, 5) is 10.3. The Morgan fingerprint density at radius 3 is 2.50 bits per heavy atom. The summed E-state index contributed by atoms with van der Waals surface area (Å²) in [5, 5.41) is 0. The molecular weight excluding hydrogens is 248 g/mol. The van der Waals surface area contributed by atoms with Crippen LogP contribution in [0.2, 0.25) is 0 Å². The van der Waals surface area contributed by atoms with Gasteiger partial charge in [0.05, 0.1) is 7.11 Å². The summed E-state index contributed by atoms with van der Waals surface area (Å²) in [6.07, 6.45) is 8.68. The van der Waals surface area contributed by atoms with E-state index in [0.717, 1.165) is 18.5 Å². The lowest BCUT2D eigenvalue weighted by molar-refractivity contribution is -0.107. The maximum absolute atomic E-state index is 10.3. The van der Waals surface area contributed by atoms with Crippen molar-refractivity contribution in [1.29, 1.82) is 0 Å². The number of carbonyl (C=O) groups excluding carboxylic acids is 1. The minimum atomic E-state index is 0.588. The first-order valence-corrected chi connectivity index (χ1v) is 6.94. The number of allylic oxidation sites excluding steroid dienone is 3. The number of aldehydes is 1. The number of unbranched alkanes of at least 4 members (excludes halogenated alkanes) is 1. The summed E-state index contributed by atoms with van der Waals surface area (Å²) in [5.74, 6) is 0.940. The molecule has 0 saturated heterocycles. The smallest absolute Gasteiger partial charge is 0.122 e. The average Bonchev–Trinajstić information content (AvgIpc) is 2.43. The molecule has 0 saturated carbocycles. The van der Waals surface area contributed by atoms with Crippen LogP contribution in [0.15, 0.2) is 23.8 Å². The van der Waals surface area contributed by atoms with E-state index in [0.29, 0.717) is 6.42 Å². The van der Waals surface area contributed by atoms with E-state index in [9.17, 15) is 4.79 Å². The Morgan fingerprint density at radius 1 is 1.20 bits per heavy atom. The van der Waals surface area contributed by atoms with E-state index in [-0.39, 0.29) is 0 Å². The molecule has 2 nitrogen and oxygen atoms in total. The van der Waals surface area contributed by atoms with E-state index in [1.165, 1.54) is 27.8 Å². The highest BCUT2D eigenvalue weighted by Crippen LogP contribution is 2.28. The lowest BCUT2D eigenvalue weighted by atomic mass is 9.96. The summed E-state index contributed by atoms with van der Waals surface area (Å²) in [6, 6.07) is 2.08. The molecule has 0 aliphatic heterocycles. The number of benzene rings is 1. The van der Waals surface area contributed by atoms with Crippen LogP contribution < -0.4 is 4.74 Å². The second kappa shape index (κ2) is 7.68. The first-order valence-electron chi connectivity index (χ1n) is 6.94. The van der Waals surface area contributed by atoms with Crippen LogP contribution >= 0.6 is 0 Å². The van der Waals surface area contributed by atoms with Gasteiger partial charge in [-0.25, -0.2) is 0 Å². The van der Waals surface area contributed by atoms with Crippen LogP contribution in [-0.4, -0.2) is 13.4 Å². The van der Waals surface area contributed by atoms with Gasteiger partial charge in [0.2, 0.25) is 0 Å². The summed E-state index contributed by atoms with van der Waals surface area (Å²) in [6.45, 7) is 8.36. The average molecular weight is 272 g/mol. The SMILES string of the molecule is COc1cc(C)c(C=CC(C)=CCCC=O)c(C)c1C. The monoisotopic (exact) mass is 272 g/mol. The normalized spacial score (nSPS) is 11.9. The number of hydrogen-bond donors (Lipinski definition) is 0. The zero-order valence-electron chi connectivity index (χ0n) is 13.1. The third-order valence-electron chi connectivity index (χ3n) is 3.59. The fraction of sp³-hybridized carbons (Fsp3) is 0.389. The van der Waals surface area contributed by atoms with Crippen molar-refractivity contribution in [2.75, 3.05) is 7.11 Å². The predicted molar refractivity (Wildman–Crippen MR) is 85.3 cm³/mol. The lowest BCUT2D eigenvalue weighted by Crippen LogP contribution is -1.95. The first-order chi connectivity index (χ1) is 9.51. The molecule has 0 aromatic heterocycles. The minimum Gasteiger partial charge on any atom is -0.496 e. The van der Waals surface area contributed by atoms with Crippen LogP contribution in [-0.2, 0) is 4.79 Å². The summed E-state index contributed by atoms with van der Waals surface area (Å²) in [5.41, 5.74) is 6.06. The third-order valence-corrected chi connectivity index (χ3v) is 3.59.